The van der Waals surface area contributed by atoms with E-state index >= 15 is 0 Å². The minimum atomic E-state index is -1.69. The lowest BCUT2D eigenvalue weighted by atomic mass is 9.92. The van der Waals surface area contributed by atoms with Crippen molar-refractivity contribution in [1.29, 1.82) is 0 Å². The van der Waals surface area contributed by atoms with Gasteiger partial charge in [0.1, 0.15) is 5.82 Å². The number of amides is 2. The number of nitrogens with zero attached hydrogens (tertiary/aromatic N) is 4. The molecule has 1 aromatic heterocycles. The number of halogens is 1. The minimum Gasteiger partial charge on any atom is -0.367 e. The number of hydrogen-bond acceptors (Lipinski definition) is 5. The van der Waals surface area contributed by atoms with Crippen molar-refractivity contribution in [1.82, 2.24) is 20.6 Å². The second-order valence-electron chi connectivity index (χ2n) is 10.0. The summed E-state index contributed by atoms with van der Waals surface area (Å²) in [6.07, 6.45) is 4.87. The van der Waals surface area contributed by atoms with Gasteiger partial charge in [-0.25, -0.2) is 14.3 Å². The highest BCUT2D eigenvalue weighted by atomic mass is 19.1. The zero-order valence-corrected chi connectivity index (χ0v) is 22.1. The molecule has 0 spiro atoms. The summed E-state index contributed by atoms with van der Waals surface area (Å²) < 4.78 is 32.6. The van der Waals surface area contributed by atoms with Crippen LogP contribution in [0.5, 0.6) is 0 Å². The molecule has 1 fully saturated rings. The lowest BCUT2D eigenvalue weighted by Gasteiger charge is -2.38. The van der Waals surface area contributed by atoms with Gasteiger partial charge in [0, 0.05) is 20.8 Å². The Morgan fingerprint density at radius 1 is 1.03 bits per heavy atom. The van der Waals surface area contributed by atoms with Crippen molar-refractivity contribution in [3.8, 4) is 22.5 Å². The van der Waals surface area contributed by atoms with Crippen LogP contribution in [0.2, 0.25) is 0 Å². The number of anilines is 3. The van der Waals surface area contributed by atoms with Crippen LogP contribution in [-0.4, -0.2) is 39.2 Å². The van der Waals surface area contributed by atoms with E-state index < -0.39 is 18.3 Å². The van der Waals surface area contributed by atoms with Crippen LogP contribution in [0, 0.1) is 11.7 Å². The number of urea groups is 1. The summed E-state index contributed by atoms with van der Waals surface area (Å²) in [6.45, 7) is 2.04. The zero-order chi connectivity index (χ0) is 29.0. The van der Waals surface area contributed by atoms with E-state index in [1.54, 1.807) is 12.1 Å². The Balaban J connectivity index is 1.61. The van der Waals surface area contributed by atoms with Gasteiger partial charge in [0.2, 0.25) is 0 Å². The fourth-order valence-corrected chi connectivity index (χ4v) is 5.06. The lowest BCUT2D eigenvalue weighted by molar-refractivity contribution is 0.262. The van der Waals surface area contributed by atoms with Crippen molar-refractivity contribution in [2.24, 2.45) is 5.92 Å². The number of aromatic amines is 1. The van der Waals surface area contributed by atoms with Crippen LogP contribution in [0.3, 0.4) is 0 Å². The van der Waals surface area contributed by atoms with Gasteiger partial charge in [-0.15, -0.1) is 5.10 Å². The van der Waals surface area contributed by atoms with E-state index in [0.717, 1.165) is 48.8 Å². The molecule has 1 saturated carbocycles. The van der Waals surface area contributed by atoms with Gasteiger partial charge in [-0.2, -0.15) is 0 Å². The maximum Gasteiger partial charge on any atom is 0.323 e. The van der Waals surface area contributed by atoms with Crippen LogP contribution in [0.15, 0.2) is 66.7 Å². The van der Waals surface area contributed by atoms with Crippen molar-refractivity contribution in [3.05, 3.63) is 72.5 Å². The first-order valence-electron chi connectivity index (χ1n) is 14.3. The third-order valence-corrected chi connectivity index (χ3v) is 6.80. The molecular formula is C30H34FN7O. The molecule has 1 aliphatic rings. The molecule has 3 aromatic carbocycles. The third kappa shape index (κ3) is 6.25. The lowest BCUT2D eigenvalue weighted by Crippen LogP contribution is -2.40. The molecule has 1 aliphatic carbocycles. The molecule has 39 heavy (non-hydrogen) atoms. The number of rotatable bonds is 8. The number of carbonyl (C=O) groups is 1. The monoisotopic (exact) mass is 529 g/mol. The van der Waals surface area contributed by atoms with Gasteiger partial charge in [-0.05, 0) is 64.6 Å². The first kappa shape index (κ1) is 23.8. The van der Waals surface area contributed by atoms with Gasteiger partial charge in [0.15, 0.2) is 5.82 Å². The van der Waals surface area contributed by atoms with Crippen LogP contribution < -0.4 is 15.5 Å². The maximum atomic E-state index is 14.3. The fourth-order valence-electron chi connectivity index (χ4n) is 5.06. The number of tetrazole rings is 1. The van der Waals surface area contributed by atoms with Gasteiger partial charge in [0.05, 0.1) is 17.1 Å². The highest BCUT2D eigenvalue weighted by molar-refractivity contribution is 6.02. The van der Waals surface area contributed by atoms with Gasteiger partial charge in [-0.1, -0.05) is 75.6 Å². The topological polar surface area (TPSA) is 98.8 Å². The molecule has 0 unspecified atom stereocenters. The van der Waals surface area contributed by atoms with Crippen molar-refractivity contribution < 1.29 is 11.9 Å². The molecule has 3 N–H and O–H groups in total. The zero-order valence-electron chi connectivity index (χ0n) is 24.1. The molecule has 0 aliphatic heterocycles. The molecule has 0 bridgehead atoms. The number of hydrogen-bond donors (Lipinski definition) is 3. The molecule has 8 nitrogen and oxygen atoms in total. The van der Waals surface area contributed by atoms with Crippen molar-refractivity contribution in [3.63, 3.8) is 0 Å². The first-order valence-corrected chi connectivity index (χ1v) is 13.3. The average Bonchev–Trinajstić information content (AvgIpc) is 3.51. The summed E-state index contributed by atoms with van der Waals surface area (Å²) in [7, 11) is 0. The Morgan fingerprint density at radius 2 is 1.74 bits per heavy atom. The first-order chi connectivity index (χ1) is 19.8. The summed E-state index contributed by atoms with van der Waals surface area (Å²) in [6, 6.07) is 18.5. The van der Waals surface area contributed by atoms with Gasteiger partial charge >= 0.3 is 6.03 Å². The van der Waals surface area contributed by atoms with E-state index in [1.807, 2.05) is 61.2 Å². The molecular weight excluding hydrogens is 493 g/mol. The van der Waals surface area contributed by atoms with Gasteiger partial charge in [0.25, 0.3) is 0 Å². The standard InChI is InChI=1S/C30H34FN7O/c1-20(2)19-38(22-10-4-3-5-11-22)28-17-16-21(23-12-6-7-13-24(23)29-34-36-37-35-29)18-27(28)33-30(39)32-26-15-9-8-14-25(26)31/h6-9,12-18,20,22H,3-5,10-11,19H2,1-2H3,(H2,32,33,39)(H,34,35,36,37)/i19D2. The second kappa shape index (κ2) is 12.1. The Morgan fingerprint density at radius 3 is 2.46 bits per heavy atom. The van der Waals surface area contributed by atoms with E-state index in [9.17, 15) is 9.18 Å². The number of aromatic nitrogens is 4. The van der Waals surface area contributed by atoms with Crippen LogP contribution in [0.1, 0.15) is 48.7 Å². The van der Waals surface area contributed by atoms with Crippen molar-refractivity contribution in [2.45, 2.75) is 52.0 Å². The van der Waals surface area contributed by atoms with Crippen molar-refractivity contribution >= 4 is 23.1 Å². The molecule has 0 atom stereocenters. The number of carbonyl (C=O) groups excluding carboxylic acids is 1. The van der Waals surface area contributed by atoms with E-state index in [0.29, 0.717) is 17.2 Å². The quantitative estimate of drug-likeness (QED) is 0.226. The summed E-state index contributed by atoms with van der Waals surface area (Å²) in [4.78, 5) is 15.1. The molecule has 2 amide bonds. The minimum absolute atomic E-state index is 0.0327. The molecule has 9 heteroatoms. The van der Waals surface area contributed by atoms with Crippen LogP contribution in [0.25, 0.3) is 22.5 Å². The smallest absolute Gasteiger partial charge is 0.323 e. The summed E-state index contributed by atoms with van der Waals surface area (Å²) in [5.41, 5.74) is 3.40. The Kier molecular flexibility index (Phi) is 7.37. The van der Waals surface area contributed by atoms with Crippen molar-refractivity contribution in [2.75, 3.05) is 22.0 Å². The Hall–Kier alpha value is -4.27. The Bertz CT molecular complexity index is 1490. The Labute approximate surface area is 230 Å². The summed E-state index contributed by atoms with van der Waals surface area (Å²) in [5, 5.41) is 19.8. The molecule has 0 radical (unpaired) electrons. The third-order valence-electron chi connectivity index (χ3n) is 6.80. The van der Waals surface area contributed by atoms with Crippen LogP contribution >= 0.6 is 0 Å². The number of nitrogens with one attached hydrogen (secondary N) is 3. The molecule has 1 heterocycles. The predicted octanol–water partition coefficient (Wildman–Crippen LogP) is 7.11. The van der Waals surface area contributed by atoms with Crippen LogP contribution in [0.4, 0.5) is 26.2 Å². The normalized spacial score (nSPS) is 15.0. The maximum absolute atomic E-state index is 14.3. The number of para-hydroxylation sites is 1. The van der Waals surface area contributed by atoms with E-state index in [1.165, 1.54) is 12.1 Å². The number of H-pyrrole nitrogens is 1. The second-order valence-corrected chi connectivity index (χ2v) is 10.0. The van der Waals surface area contributed by atoms with E-state index in [4.69, 9.17) is 2.74 Å². The SMILES string of the molecule is [2H]C([2H])(C(C)C)N(c1ccc(-c2ccccc2-c2nnn[nH]2)cc1NC(=O)Nc1ccccc1F)C1CCCCC1. The fraction of sp³-hybridized carbons (Fsp3) is 0.333. The van der Waals surface area contributed by atoms with Crippen LogP contribution in [-0.2, 0) is 0 Å². The predicted molar refractivity (Wildman–Crippen MR) is 153 cm³/mol. The highest BCUT2D eigenvalue weighted by Gasteiger charge is 2.25. The average molecular weight is 530 g/mol. The van der Waals surface area contributed by atoms with E-state index in [-0.39, 0.29) is 17.6 Å². The van der Waals surface area contributed by atoms with Gasteiger partial charge in [-0.3, -0.25) is 0 Å². The highest BCUT2D eigenvalue weighted by Crippen LogP contribution is 2.38. The summed E-state index contributed by atoms with van der Waals surface area (Å²) in [5.74, 6) is -0.369. The molecule has 202 valence electrons. The summed E-state index contributed by atoms with van der Waals surface area (Å²) >= 11 is 0. The largest absolute Gasteiger partial charge is 0.367 e. The van der Waals surface area contributed by atoms with Gasteiger partial charge < -0.3 is 15.5 Å². The molecule has 0 saturated heterocycles. The van der Waals surface area contributed by atoms with E-state index in [2.05, 4.69) is 31.3 Å². The number of benzene rings is 3. The molecule has 5 rings (SSSR count). The molecule has 4 aromatic rings.